The molecule has 176 valence electrons. The van der Waals surface area contributed by atoms with Crippen molar-refractivity contribution in [1.82, 2.24) is 4.57 Å². The summed E-state index contributed by atoms with van der Waals surface area (Å²) in [4.78, 5) is 40.2. The Morgan fingerprint density at radius 1 is 0.743 bits per heavy atom. The number of nitrogen functional groups attached to an aromatic ring is 1. The van der Waals surface area contributed by atoms with E-state index < -0.39 is 17.5 Å². The van der Waals surface area contributed by atoms with Crippen molar-refractivity contribution < 1.29 is 14.4 Å². The summed E-state index contributed by atoms with van der Waals surface area (Å²) in [6.45, 7) is 1.25. The molecule has 0 aliphatic carbocycles. The highest BCUT2D eigenvalue weighted by atomic mass is 35.5. The van der Waals surface area contributed by atoms with Crippen molar-refractivity contribution in [3.8, 4) is 11.1 Å². The SMILES string of the molecule is CC(=O)n1c(N)c(C(=O)c2ccc(Cl)c(Cl)c2)c(-c2ccc(Cl)cc2Cl)c1C(=O)c1ccccc1. The van der Waals surface area contributed by atoms with Crippen LogP contribution in [0, 0.1) is 0 Å². The molecule has 4 aromatic rings. The van der Waals surface area contributed by atoms with E-state index in [-0.39, 0.29) is 43.3 Å². The third kappa shape index (κ3) is 4.60. The third-order valence-corrected chi connectivity index (χ3v) is 6.67. The molecule has 5 nitrogen and oxygen atoms in total. The number of aromatic nitrogens is 1. The van der Waals surface area contributed by atoms with Crippen molar-refractivity contribution in [2.75, 3.05) is 5.73 Å². The molecule has 1 heterocycles. The molecule has 0 saturated heterocycles. The van der Waals surface area contributed by atoms with Crippen LogP contribution in [0.25, 0.3) is 11.1 Å². The van der Waals surface area contributed by atoms with Gasteiger partial charge in [-0.15, -0.1) is 0 Å². The maximum absolute atomic E-state index is 13.8. The molecule has 2 N–H and O–H groups in total. The highest BCUT2D eigenvalue weighted by Crippen LogP contribution is 2.41. The van der Waals surface area contributed by atoms with Crippen LogP contribution in [0.4, 0.5) is 5.82 Å². The summed E-state index contributed by atoms with van der Waals surface area (Å²) in [7, 11) is 0. The second-order valence-corrected chi connectivity index (χ2v) is 9.27. The summed E-state index contributed by atoms with van der Waals surface area (Å²) in [6, 6.07) is 17.3. The van der Waals surface area contributed by atoms with Gasteiger partial charge in [-0.2, -0.15) is 0 Å². The van der Waals surface area contributed by atoms with E-state index in [1.165, 1.54) is 31.2 Å². The number of benzene rings is 3. The zero-order valence-electron chi connectivity index (χ0n) is 18.1. The Labute approximate surface area is 221 Å². The fourth-order valence-electron chi connectivity index (χ4n) is 3.82. The molecule has 4 rings (SSSR count). The first-order valence-electron chi connectivity index (χ1n) is 10.2. The normalized spacial score (nSPS) is 10.9. The van der Waals surface area contributed by atoms with Gasteiger partial charge in [-0.05, 0) is 30.3 Å². The molecule has 3 aromatic carbocycles. The molecule has 0 radical (unpaired) electrons. The molecule has 0 amide bonds. The highest BCUT2D eigenvalue weighted by molar-refractivity contribution is 6.42. The number of halogens is 4. The van der Waals surface area contributed by atoms with E-state index in [0.717, 1.165) is 4.57 Å². The summed E-state index contributed by atoms with van der Waals surface area (Å²) in [5.41, 5.74) is 7.12. The number of carbonyl (C=O) groups is 3. The minimum absolute atomic E-state index is 0.0675. The third-order valence-electron chi connectivity index (χ3n) is 5.38. The number of carbonyl (C=O) groups excluding carboxylic acids is 3. The van der Waals surface area contributed by atoms with Crippen molar-refractivity contribution in [2.45, 2.75) is 6.92 Å². The maximum Gasteiger partial charge on any atom is 0.229 e. The number of nitrogens with zero attached hydrogens (tertiary/aromatic N) is 1. The number of ketones is 2. The Morgan fingerprint density at radius 2 is 1.43 bits per heavy atom. The fourth-order valence-corrected chi connectivity index (χ4v) is 4.63. The zero-order valence-corrected chi connectivity index (χ0v) is 21.1. The largest absolute Gasteiger partial charge is 0.384 e. The second-order valence-electron chi connectivity index (χ2n) is 7.62. The van der Waals surface area contributed by atoms with Crippen molar-refractivity contribution in [3.05, 3.63) is 109 Å². The standard InChI is InChI=1S/C26H16Cl4N2O3/c1-13(33)32-23(25(35)14-5-3-2-4-6-14)21(17-9-8-16(27)12-19(17)29)22(26(32)31)24(34)15-7-10-18(28)20(30)11-15/h2-12H,31H2,1H3. The van der Waals surface area contributed by atoms with Crippen LogP contribution in [0.15, 0.2) is 66.7 Å². The van der Waals surface area contributed by atoms with Crippen LogP contribution < -0.4 is 5.73 Å². The van der Waals surface area contributed by atoms with Gasteiger partial charge in [0.2, 0.25) is 11.7 Å². The van der Waals surface area contributed by atoms with E-state index >= 15 is 0 Å². The summed E-state index contributed by atoms with van der Waals surface area (Å²) in [6.07, 6.45) is 0. The molecule has 9 heteroatoms. The van der Waals surface area contributed by atoms with Gasteiger partial charge in [0.25, 0.3) is 0 Å². The van der Waals surface area contributed by atoms with E-state index in [4.69, 9.17) is 52.1 Å². The lowest BCUT2D eigenvalue weighted by atomic mass is 9.93. The quantitative estimate of drug-likeness (QED) is 0.263. The predicted octanol–water partition coefficient (Wildman–Crippen LogP) is 7.47. The van der Waals surface area contributed by atoms with Crippen LogP contribution in [0.1, 0.15) is 43.7 Å². The summed E-state index contributed by atoms with van der Waals surface area (Å²) < 4.78 is 1.03. The first kappa shape index (κ1) is 25.0. The van der Waals surface area contributed by atoms with Gasteiger partial charge in [-0.1, -0.05) is 82.8 Å². The van der Waals surface area contributed by atoms with Gasteiger partial charge in [0.15, 0.2) is 5.78 Å². The lowest BCUT2D eigenvalue weighted by Crippen LogP contribution is -2.17. The molecule has 0 aliphatic heterocycles. The number of hydrogen-bond donors (Lipinski definition) is 1. The first-order chi connectivity index (χ1) is 16.6. The average molecular weight is 546 g/mol. The number of nitrogens with two attached hydrogens (primary N) is 1. The number of rotatable bonds is 5. The summed E-state index contributed by atoms with van der Waals surface area (Å²) in [5.74, 6) is -1.83. The molecule has 35 heavy (non-hydrogen) atoms. The average Bonchev–Trinajstić information content (AvgIpc) is 3.13. The molecule has 0 unspecified atom stereocenters. The molecule has 0 bridgehead atoms. The van der Waals surface area contributed by atoms with Crippen LogP contribution in [0.2, 0.25) is 20.1 Å². The smallest absolute Gasteiger partial charge is 0.229 e. The van der Waals surface area contributed by atoms with Gasteiger partial charge in [-0.3, -0.25) is 19.0 Å². The molecular weight excluding hydrogens is 530 g/mol. The molecule has 0 atom stereocenters. The Kier molecular flexibility index (Phi) is 7.06. The first-order valence-corrected chi connectivity index (χ1v) is 11.7. The van der Waals surface area contributed by atoms with Crippen LogP contribution in [0.5, 0.6) is 0 Å². The van der Waals surface area contributed by atoms with Crippen LogP contribution in [-0.2, 0) is 0 Å². The lowest BCUT2D eigenvalue weighted by molar-refractivity contribution is 0.0916. The Hall–Kier alpha value is -3.09. The Bertz CT molecular complexity index is 1510. The minimum atomic E-state index is -0.566. The van der Waals surface area contributed by atoms with Crippen molar-refractivity contribution in [3.63, 3.8) is 0 Å². The van der Waals surface area contributed by atoms with Crippen LogP contribution in [-0.4, -0.2) is 22.0 Å². The van der Waals surface area contributed by atoms with Crippen LogP contribution in [0.3, 0.4) is 0 Å². The van der Waals surface area contributed by atoms with Crippen molar-refractivity contribution in [2.24, 2.45) is 0 Å². The van der Waals surface area contributed by atoms with Gasteiger partial charge in [-0.25, -0.2) is 0 Å². The van der Waals surface area contributed by atoms with E-state index in [9.17, 15) is 14.4 Å². The van der Waals surface area contributed by atoms with E-state index in [1.807, 2.05) is 0 Å². The van der Waals surface area contributed by atoms with Gasteiger partial charge >= 0.3 is 0 Å². The Balaban J connectivity index is 2.11. The summed E-state index contributed by atoms with van der Waals surface area (Å²) >= 11 is 24.8. The monoisotopic (exact) mass is 544 g/mol. The van der Waals surface area contributed by atoms with Gasteiger partial charge in [0.05, 0.1) is 15.6 Å². The van der Waals surface area contributed by atoms with E-state index in [1.54, 1.807) is 42.5 Å². The molecule has 0 saturated carbocycles. The van der Waals surface area contributed by atoms with Crippen molar-refractivity contribution in [1.29, 1.82) is 0 Å². The second kappa shape index (κ2) is 9.88. The van der Waals surface area contributed by atoms with Gasteiger partial charge in [0, 0.05) is 39.2 Å². The van der Waals surface area contributed by atoms with Gasteiger partial charge in [0.1, 0.15) is 11.5 Å². The minimum Gasteiger partial charge on any atom is -0.384 e. The topological polar surface area (TPSA) is 82.2 Å². The summed E-state index contributed by atoms with van der Waals surface area (Å²) in [5, 5.41) is 0.946. The number of hydrogen-bond acceptors (Lipinski definition) is 4. The number of anilines is 1. The zero-order chi connectivity index (χ0) is 25.4. The molecule has 0 spiro atoms. The molecule has 0 aliphatic rings. The lowest BCUT2D eigenvalue weighted by Gasteiger charge is -2.11. The predicted molar refractivity (Wildman–Crippen MR) is 140 cm³/mol. The van der Waals surface area contributed by atoms with E-state index in [0.29, 0.717) is 16.1 Å². The van der Waals surface area contributed by atoms with Gasteiger partial charge < -0.3 is 5.73 Å². The van der Waals surface area contributed by atoms with E-state index in [2.05, 4.69) is 0 Å². The molecule has 0 fully saturated rings. The highest BCUT2D eigenvalue weighted by Gasteiger charge is 2.33. The fraction of sp³-hybridized carbons (Fsp3) is 0.0385. The van der Waals surface area contributed by atoms with Crippen molar-refractivity contribution >= 4 is 69.7 Å². The molecule has 1 aromatic heterocycles. The molecular formula is C26H16Cl4N2O3. The maximum atomic E-state index is 13.8. The van der Waals surface area contributed by atoms with Crippen LogP contribution >= 0.6 is 46.4 Å². The Morgan fingerprint density at radius 3 is 2.03 bits per heavy atom.